The van der Waals surface area contributed by atoms with Crippen molar-refractivity contribution in [2.75, 3.05) is 0 Å². The van der Waals surface area contributed by atoms with E-state index in [1.807, 2.05) is 6.07 Å². The van der Waals surface area contributed by atoms with Crippen molar-refractivity contribution in [2.45, 2.75) is 6.54 Å². The molecule has 0 saturated carbocycles. The second-order valence-electron chi connectivity index (χ2n) is 4.27. The van der Waals surface area contributed by atoms with Crippen LogP contribution in [0.4, 0.5) is 0 Å². The normalized spacial score (nSPS) is 11.6. The molecule has 4 heteroatoms. The molecule has 20 heavy (non-hydrogen) atoms. The number of rotatable bonds is 2. The minimum atomic E-state index is -0.972. The molecule has 2 aromatic carbocycles. The molecule has 2 N–H and O–H groups in total. The average Bonchev–Trinajstić information content (AvgIpc) is 2.96. The summed E-state index contributed by atoms with van der Waals surface area (Å²) in [4.78, 5) is 0. The van der Waals surface area contributed by atoms with Gasteiger partial charge < -0.3 is 5.73 Å². The van der Waals surface area contributed by atoms with Crippen LogP contribution in [0, 0.1) is 6.42 Å². The molecule has 101 valence electrons. The van der Waals surface area contributed by atoms with Crippen LogP contribution in [0.3, 0.4) is 0 Å². The molecule has 0 aromatic heterocycles. The van der Waals surface area contributed by atoms with Crippen LogP contribution in [0.1, 0.15) is 16.7 Å². The van der Waals surface area contributed by atoms with E-state index in [0.29, 0.717) is 6.54 Å². The number of halogens is 2. The third-order valence-electron chi connectivity index (χ3n) is 3.21. The van der Waals surface area contributed by atoms with Gasteiger partial charge in [0.2, 0.25) is 0 Å². The Labute approximate surface area is 138 Å². The zero-order chi connectivity index (χ0) is 14.4. The Kier molecular flexibility index (Phi) is 6.50. The van der Waals surface area contributed by atoms with Crippen molar-refractivity contribution in [2.24, 2.45) is 5.73 Å². The van der Waals surface area contributed by atoms with Gasteiger partial charge in [0.05, 0.1) is 0 Å². The molecule has 1 radical (unpaired) electrons. The second kappa shape index (κ2) is 8.14. The van der Waals surface area contributed by atoms with Crippen LogP contribution >= 0.6 is 17.2 Å². The van der Waals surface area contributed by atoms with Gasteiger partial charge in [0.15, 0.2) is 0 Å². The first-order valence-electron chi connectivity index (χ1n) is 6.21. The fourth-order valence-electron chi connectivity index (χ4n) is 2.36. The predicted molar refractivity (Wildman–Crippen MR) is 83.9 cm³/mol. The molecule has 0 unspecified atom stereocenters. The van der Waals surface area contributed by atoms with Gasteiger partial charge in [0.1, 0.15) is 0 Å². The molecule has 0 amide bonds. The zero-order valence-corrected chi connectivity index (χ0v) is 15.9. The van der Waals surface area contributed by atoms with Gasteiger partial charge in [-0.25, -0.2) is 0 Å². The van der Waals surface area contributed by atoms with Gasteiger partial charge in [-0.15, -0.1) is 0 Å². The van der Waals surface area contributed by atoms with E-state index in [1.165, 1.54) is 27.8 Å². The van der Waals surface area contributed by atoms with E-state index < -0.39 is 20.5 Å². The number of allylic oxidation sites excluding steroid dienone is 1. The van der Waals surface area contributed by atoms with Crippen molar-refractivity contribution in [1.82, 2.24) is 0 Å². The average molecular weight is 470 g/mol. The van der Waals surface area contributed by atoms with Gasteiger partial charge in [0.25, 0.3) is 0 Å². The van der Waals surface area contributed by atoms with Gasteiger partial charge in [-0.1, -0.05) is 54.6 Å². The number of hydrogen-bond acceptors (Lipinski definition) is 1. The molecule has 0 atom stereocenters. The quantitative estimate of drug-likeness (QED) is 0.630. The van der Waals surface area contributed by atoms with E-state index in [0.717, 1.165) is 0 Å². The molecule has 0 fully saturated rings. The fourth-order valence-corrected chi connectivity index (χ4v) is 2.36. The number of fused-ring (bicyclic) bond motifs is 1. The number of benzene rings is 2. The van der Waals surface area contributed by atoms with E-state index in [9.17, 15) is 0 Å². The molecule has 0 aliphatic heterocycles. The SMILES string of the molecule is NCc1ccccc1-c1cccc2c1C=C[CH]2.[Cl][Hf][Cl]. The molecule has 2 aromatic rings. The molecular formula is C16H14Cl2HfN. The monoisotopic (exact) mass is 470 g/mol. The van der Waals surface area contributed by atoms with E-state index in [-0.39, 0.29) is 0 Å². The summed E-state index contributed by atoms with van der Waals surface area (Å²) < 4.78 is 0. The predicted octanol–water partition coefficient (Wildman–Crippen LogP) is 4.77. The number of nitrogens with two attached hydrogens (primary N) is 1. The number of hydrogen-bond donors (Lipinski definition) is 1. The molecule has 0 heterocycles. The van der Waals surface area contributed by atoms with Crippen LogP contribution in [0.15, 0.2) is 48.5 Å². The Balaban J connectivity index is 0.000000452. The van der Waals surface area contributed by atoms with E-state index in [2.05, 4.69) is 55.0 Å². The van der Waals surface area contributed by atoms with Gasteiger partial charge >= 0.3 is 37.7 Å². The van der Waals surface area contributed by atoms with Crippen LogP contribution in [0.25, 0.3) is 17.2 Å². The Morgan fingerprint density at radius 1 is 0.950 bits per heavy atom. The maximum atomic E-state index is 5.81. The van der Waals surface area contributed by atoms with Crippen LogP contribution in [0.2, 0.25) is 0 Å². The summed E-state index contributed by atoms with van der Waals surface area (Å²) >= 11 is -0.972. The summed E-state index contributed by atoms with van der Waals surface area (Å²) in [7, 11) is 9.92. The summed E-state index contributed by atoms with van der Waals surface area (Å²) in [5.74, 6) is 0. The molecule has 1 aliphatic rings. The third kappa shape index (κ3) is 3.62. The second-order valence-corrected chi connectivity index (χ2v) is 9.46. The van der Waals surface area contributed by atoms with Crippen LogP contribution in [-0.4, -0.2) is 0 Å². The van der Waals surface area contributed by atoms with Crippen molar-refractivity contribution in [3.05, 3.63) is 71.7 Å². The Bertz CT molecular complexity index is 611. The maximum absolute atomic E-state index is 5.81. The third-order valence-corrected chi connectivity index (χ3v) is 3.21. The van der Waals surface area contributed by atoms with Gasteiger partial charge in [-0.3, -0.25) is 0 Å². The topological polar surface area (TPSA) is 26.0 Å². The Hall–Kier alpha value is -0.410. The summed E-state index contributed by atoms with van der Waals surface area (Å²) in [5.41, 5.74) is 12.1. The fraction of sp³-hybridized carbons (Fsp3) is 0.0625. The van der Waals surface area contributed by atoms with Crippen molar-refractivity contribution < 1.29 is 20.5 Å². The first kappa shape index (κ1) is 16.0. The summed E-state index contributed by atoms with van der Waals surface area (Å²) in [5, 5.41) is 0. The standard InChI is InChI=1S/C16H14N.2ClH.Hf/c17-11-13-5-1-2-8-15(13)16-10-4-7-12-6-3-9-14(12)16;;;/h1-10H,11,17H2;2*1H;/q;;;+2/p-2. The molecule has 3 rings (SSSR count). The molecule has 1 aliphatic carbocycles. The van der Waals surface area contributed by atoms with Gasteiger partial charge in [-0.2, -0.15) is 0 Å². The molecule has 1 nitrogen and oxygen atoms in total. The summed E-state index contributed by atoms with van der Waals surface area (Å²) in [6.45, 7) is 0.577. The van der Waals surface area contributed by atoms with Gasteiger partial charge in [0, 0.05) is 13.0 Å². The van der Waals surface area contributed by atoms with Gasteiger partial charge in [-0.05, 0) is 27.8 Å². The van der Waals surface area contributed by atoms with Crippen LogP contribution in [0.5, 0.6) is 0 Å². The first-order chi connectivity index (χ1) is 9.81. The molecule has 0 spiro atoms. The van der Waals surface area contributed by atoms with E-state index >= 15 is 0 Å². The van der Waals surface area contributed by atoms with Crippen LogP contribution < -0.4 is 5.73 Å². The summed E-state index contributed by atoms with van der Waals surface area (Å²) in [6, 6.07) is 14.7. The van der Waals surface area contributed by atoms with E-state index in [1.54, 1.807) is 0 Å². The molecular weight excluding hydrogens is 456 g/mol. The Morgan fingerprint density at radius 3 is 2.40 bits per heavy atom. The minimum absolute atomic E-state index is 0.577. The Morgan fingerprint density at radius 2 is 1.65 bits per heavy atom. The van der Waals surface area contributed by atoms with Crippen molar-refractivity contribution in [3.8, 4) is 11.1 Å². The first-order valence-corrected chi connectivity index (χ1v) is 15.1. The summed E-state index contributed by atoms with van der Waals surface area (Å²) in [6.07, 6.45) is 6.40. The molecule has 0 saturated heterocycles. The van der Waals surface area contributed by atoms with Crippen molar-refractivity contribution >= 4 is 23.2 Å². The van der Waals surface area contributed by atoms with Crippen molar-refractivity contribution in [3.63, 3.8) is 0 Å². The zero-order valence-electron chi connectivity index (χ0n) is 10.8. The van der Waals surface area contributed by atoms with E-state index in [4.69, 9.17) is 22.9 Å². The van der Waals surface area contributed by atoms with Crippen LogP contribution in [-0.2, 0) is 27.1 Å². The van der Waals surface area contributed by atoms with Crippen molar-refractivity contribution in [1.29, 1.82) is 0 Å². The molecule has 0 bridgehead atoms.